The fourth-order valence-corrected chi connectivity index (χ4v) is 3.83. The SMILES string of the molecule is O=C(NC1CCCCC1C(F)(F)F)c1ccc(OC2CCCC2)cc1. The van der Waals surface area contributed by atoms with Crippen LogP contribution in [0.1, 0.15) is 61.7 Å². The lowest BCUT2D eigenvalue weighted by Crippen LogP contribution is -2.47. The zero-order valence-corrected chi connectivity index (χ0v) is 14.1. The van der Waals surface area contributed by atoms with Gasteiger partial charge in [-0.3, -0.25) is 4.79 Å². The van der Waals surface area contributed by atoms with Crippen LogP contribution in [0, 0.1) is 5.92 Å². The van der Waals surface area contributed by atoms with Gasteiger partial charge in [0.15, 0.2) is 0 Å². The Bertz CT molecular complexity index is 579. The van der Waals surface area contributed by atoms with E-state index in [1.165, 1.54) is 12.8 Å². The number of carbonyl (C=O) groups excluding carboxylic acids is 1. The van der Waals surface area contributed by atoms with Gasteiger partial charge < -0.3 is 10.1 Å². The van der Waals surface area contributed by atoms with Gasteiger partial charge >= 0.3 is 6.18 Å². The third-order valence-electron chi connectivity index (χ3n) is 5.22. The fraction of sp³-hybridized carbons (Fsp3) is 0.632. The minimum atomic E-state index is -4.27. The summed E-state index contributed by atoms with van der Waals surface area (Å²) < 4.78 is 45.2. The van der Waals surface area contributed by atoms with Crippen molar-refractivity contribution in [1.82, 2.24) is 5.32 Å². The molecule has 0 radical (unpaired) electrons. The molecule has 0 bridgehead atoms. The first-order valence-electron chi connectivity index (χ1n) is 9.08. The van der Waals surface area contributed by atoms with Crippen molar-refractivity contribution in [2.45, 2.75) is 69.7 Å². The molecule has 0 saturated heterocycles. The minimum Gasteiger partial charge on any atom is -0.490 e. The maximum atomic E-state index is 13.1. The monoisotopic (exact) mass is 355 g/mol. The van der Waals surface area contributed by atoms with E-state index in [1.807, 2.05) is 0 Å². The molecule has 25 heavy (non-hydrogen) atoms. The lowest BCUT2D eigenvalue weighted by molar-refractivity contribution is -0.187. The molecule has 3 rings (SSSR count). The number of carbonyl (C=O) groups is 1. The van der Waals surface area contributed by atoms with E-state index in [9.17, 15) is 18.0 Å². The summed E-state index contributed by atoms with van der Waals surface area (Å²) in [4.78, 5) is 12.3. The van der Waals surface area contributed by atoms with Crippen LogP contribution >= 0.6 is 0 Å². The topological polar surface area (TPSA) is 38.3 Å². The lowest BCUT2D eigenvalue weighted by Gasteiger charge is -2.33. The maximum absolute atomic E-state index is 13.1. The Morgan fingerprint density at radius 1 is 0.960 bits per heavy atom. The second-order valence-electron chi connectivity index (χ2n) is 7.06. The van der Waals surface area contributed by atoms with E-state index in [4.69, 9.17) is 4.74 Å². The van der Waals surface area contributed by atoms with Gasteiger partial charge in [0.05, 0.1) is 12.0 Å². The molecule has 6 heteroatoms. The summed E-state index contributed by atoms with van der Waals surface area (Å²) in [7, 11) is 0. The molecule has 0 aliphatic heterocycles. The number of amides is 1. The molecule has 138 valence electrons. The van der Waals surface area contributed by atoms with Gasteiger partial charge in [-0.2, -0.15) is 13.2 Å². The average Bonchev–Trinajstić information content (AvgIpc) is 3.08. The summed E-state index contributed by atoms with van der Waals surface area (Å²) >= 11 is 0. The first-order chi connectivity index (χ1) is 11.9. The molecular weight excluding hydrogens is 331 g/mol. The lowest BCUT2D eigenvalue weighted by atomic mass is 9.84. The number of hydrogen-bond acceptors (Lipinski definition) is 2. The molecule has 0 spiro atoms. The summed E-state index contributed by atoms with van der Waals surface area (Å²) in [5.74, 6) is -1.20. The molecule has 0 heterocycles. The number of benzene rings is 1. The van der Waals surface area contributed by atoms with E-state index >= 15 is 0 Å². The second-order valence-corrected chi connectivity index (χ2v) is 7.06. The summed E-state index contributed by atoms with van der Waals surface area (Å²) in [5, 5.41) is 2.58. The van der Waals surface area contributed by atoms with Crippen molar-refractivity contribution in [2.75, 3.05) is 0 Å². The quantitative estimate of drug-likeness (QED) is 0.838. The van der Waals surface area contributed by atoms with Crippen LogP contribution in [0.4, 0.5) is 13.2 Å². The zero-order valence-electron chi connectivity index (χ0n) is 14.1. The Kier molecular flexibility index (Phi) is 5.54. The van der Waals surface area contributed by atoms with Crippen molar-refractivity contribution in [3.8, 4) is 5.75 Å². The average molecular weight is 355 g/mol. The predicted octanol–water partition coefficient (Wildman–Crippen LogP) is 4.86. The predicted molar refractivity (Wildman–Crippen MR) is 88.6 cm³/mol. The number of hydrogen-bond donors (Lipinski definition) is 1. The Hall–Kier alpha value is -1.72. The molecule has 2 atom stereocenters. The maximum Gasteiger partial charge on any atom is 0.393 e. The van der Waals surface area contributed by atoms with Gasteiger partial charge in [-0.15, -0.1) is 0 Å². The normalized spacial score (nSPS) is 24.9. The van der Waals surface area contributed by atoms with Crippen LogP contribution in [0.2, 0.25) is 0 Å². The number of halogens is 3. The van der Waals surface area contributed by atoms with Crippen molar-refractivity contribution >= 4 is 5.91 Å². The van der Waals surface area contributed by atoms with E-state index in [1.54, 1.807) is 24.3 Å². The number of rotatable bonds is 4. The summed E-state index contributed by atoms with van der Waals surface area (Å²) in [6.07, 6.45) is 2.13. The van der Waals surface area contributed by atoms with Crippen molar-refractivity contribution in [3.05, 3.63) is 29.8 Å². The van der Waals surface area contributed by atoms with Gasteiger partial charge in [-0.05, 0) is 62.8 Å². The third kappa shape index (κ3) is 4.67. The van der Waals surface area contributed by atoms with Gasteiger partial charge in [0.2, 0.25) is 0 Å². The van der Waals surface area contributed by atoms with Gasteiger partial charge in [-0.1, -0.05) is 12.8 Å². The molecule has 2 saturated carbocycles. The van der Waals surface area contributed by atoms with E-state index in [2.05, 4.69) is 5.32 Å². The third-order valence-corrected chi connectivity index (χ3v) is 5.22. The Labute approximate surface area is 145 Å². The molecule has 2 fully saturated rings. The largest absolute Gasteiger partial charge is 0.490 e. The van der Waals surface area contributed by atoms with E-state index in [0.717, 1.165) is 12.8 Å². The number of nitrogens with one attached hydrogen (secondary N) is 1. The van der Waals surface area contributed by atoms with Gasteiger partial charge in [0.1, 0.15) is 5.75 Å². The fourth-order valence-electron chi connectivity index (χ4n) is 3.83. The van der Waals surface area contributed by atoms with Crippen molar-refractivity contribution in [3.63, 3.8) is 0 Å². The molecule has 3 nitrogen and oxygen atoms in total. The van der Waals surface area contributed by atoms with Gasteiger partial charge in [0.25, 0.3) is 5.91 Å². The van der Waals surface area contributed by atoms with Crippen LogP contribution in [0.5, 0.6) is 5.75 Å². The van der Waals surface area contributed by atoms with Gasteiger partial charge in [0, 0.05) is 11.6 Å². The molecular formula is C19H24F3NO2. The Morgan fingerprint density at radius 2 is 1.56 bits per heavy atom. The molecule has 0 aromatic heterocycles. The minimum absolute atomic E-state index is 0.0859. The summed E-state index contributed by atoms with van der Waals surface area (Å²) in [6.45, 7) is 0. The first kappa shape index (κ1) is 18.1. The second kappa shape index (κ2) is 7.67. The molecule has 1 aromatic carbocycles. The van der Waals surface area contributed by atoms with E-state index in [-0.39, 0.29) is 12.5 Å². The molecule has 2 aliphatic carbocycles. The van der Waals surface area contributed by atoms with E-state index < -0.39 is 24.0 Å². The van der Waals surface area contributed by atoms with Gasteiger partial charge in [-0.25, -0.2) is 0 Å². The first-order valence-corrected chi connectivity index (χ1v) is 9.08. The molecule has 2 aliphatic rings. The number of ether oxygens (including phenoxy) is 1. The van der Waals surface area contributed by atoms with Crippen LogP contribution in [0.3, 0.4) is 0 Å². The highest BCUT2D eigenvalue weighted by molar-refractivity contribution is 5.94. The highest BCUT2D eigenvalue weighted by atomic mass is 19.4. The highest BCUT2D eigenvalue weighted by Crippen LogP contribution is 2.37. The standard InChI is InChI=1S/C19H24F3NO2/c20-19(21,22)16-7-3-4-8-17(16)23-18(24)13-9-11-15(12-10-13)25-14-5-1-2-6-14/h9-12,14,16-17H,1-8H2,(H,23,24). The molecule has 1 aromatic rings. The molecule has 1 N–H and O–H groups in total. The Balaban J connectivity index is 1.60. The Morgan fingerprint density at radius 3 is 2.20 bits per heavy atom. The zero-order chi connectivity index (χ0) is 17.9. The van der Waals surface area contributed by atoms with Crippen molar-refractivity contribution in [1.29, 1.82) is 0 Å². The van der Waals surface area contributed by atoms with Crippen molar-refractivity contribution < 1.29 is 22.7 Å². The molecule has 1 amide bonds. The molecule has 2 unspecified atom stereocenters. The highest BCUT2D eigenvalue weighted by Gasteiger charge is 2.45. The van der Waals surface area contributed by atoms with Crippen LogP contribution in [-0.4, -0.2) is 24.2 Å². The van der Waals surface area contributed by atoms with Crippen LogP contribution in [0.15, 0.2) is 24.3 Å². The summed E-state index contributed by atoms with van der Waals surface area (Å²) in [5.41, 5.74) is 0.366. The smallest absolute Gasteiger partial charge is 0.393 e. The van der Waals surface area contributed by atoms with Crippen LogP contribution in [-0.2, 0) is 0 Å². The van der Waals surface area contributed by atoms with Crippen LogP contribution < -0.4 is 10.1 Å². The number of alkyl halides is 3. The summed E-state index contributed by atoms with van der Waals surface area (Å²) in [6, 6.07) is 5.83. The van der Waals surface area contributed by atoms with Crippen molar-refractivity contribution in [2.24, 2.45) is 5.92 Å². The van der Waals surface area contributed by atoms with E-state index in [0.29, 0.717) is 30.6 Å². The van der Waals surface area contributed by atoms with Crippen LogP contribution in [0.25, 0.3) is 0 Å².